The van der Waals surface area contributed by atoms with Crippen molar-refractivity contribution >= 4 is 22.6 Å². The lowest BCUT2D eigenvalue weighted by atomic mass is 10.0. The number of ether oxygens (including phenoxy) is 1. The summed E-state index contributed by atoms with van der Waals surface area (Å²) in [6.45, 7) is 3.29. The second-order valence-corrected chi connectivity index (χ2v) is 7.12. The van der Waals surface area contributed by atoms with E-state index in [1.165, 1.54) is 12.1 Å². The van der Waals surface area contributed by atoms with Crippen molar-refractivity contribution in [3.05, 3.63) is 94.6 Å². The number of carbonyl (C=O) groups is 1. The lowest BCUT2D eigenvalue weighted by molar-refractivity contribution is -0.122. The topological polar surface area (TPSA) is 68.5 Å². The van der Waals surface area contributed by atoms with Gasteiger partial charge in [-0.3, -0.25) is 9.59 Å². The number of amides is 1. The molecule has 156 valence electrons. The highest BCUT2D eigenvalue weighted by atomic mass is 19.1. The number of carbonyl (C=O) groups excluding carboxylic acids is 1. The summed E-state index contributed by atoms with van der Waals surface area (Å²) < 4.78 is 25.3. The Balaban J connectivity index is 1.59. The normalized spacial score (nSPS) is 11.8. The van der Waals surface area contributed by atoms with Gasteiger partial charge in [0.25, 0.3) is 5.91 Å². The minimum Gasteiger partial charge on any atom is -0.481 e. The fourth-order valence-corrected chi connectivity index (χ4v) is 3.35. The molecule has 0 radical (unpaired) electrons. The zero-order chi connectivity index (χ0) is 22.0. The molecule has 0 unspecified atom stereocenters. The number of aryl methyl sites for hydroxylation is 1. The number of anilines is 1. The quantitative estimate of drug-likeness (QED) is 0.478. The monoisotopic (exact) mass is 417 g/mol. The van der Waals surface area contributed by atoms with Crippen LogP contribution in [0.4, 0.5) is 10.1 Å². The average Bonchev–Trinajstić information content (AvgIpc) is 2.76. The van der Waals surface area contributed by atoms with Crippen LogP contribution in [0.1, 0.15) is 12.7 Å². The molecule has 6 heteroatoms. The summed E-state index contributed by atoms with van der Waals surface area (Å²) in [6, 6.07) is 20.0. The first-order valence-electron chi connectivity index (χ1n) is 9.79. The van der Waals surface area contributed by atoms with Gasteiger partial charge in [0.2, 0.25) is 5.43 Å². The Morgan fingerprint density at radius 1 is 1.03 bits per heavy atom. The van der Waals surface area contributed by atoms with Crippen molar-refractivity contribution in [2.75, 3.05) is 5.32 Å². The van der Waals surface area contributed by atoms with Crippen LogP contribution in [0, 0.1) is 12.7 Å². The molecule has 1 atom stereocenters. The van der Waals surface area contributed by atoms with E-state index >= 15 is 0 Å². The van der Waals surface area contributed by atoms with Gasteiger partial charge in [0, 0.05) is 6.07 Å². The van der Waals surface area contributed by atoms with Gasteiger partial charge in [0.05, 0.1) is 16.6 Å². The van der Waals surface area contributed by atoms with Crippen LogP contribution in [0.3, 0.4) is 0 Å². The summed E-state index contributed by atoms with van der Waals surface area (Å²) in [5.74, 6) is -0.174. The molecule has 0 fully saturated rings. The van der Waals surface area contributed by atoms with Crippen LogP contribution >= 0.6 is 0 Å². The Kier molecular flexibility index (Phi) is 5.54. The molecule has 1 aromatic heterocycles. The van der Waals surface area contributed by atoms with Crippen molar-refractivity contribution in [3.63, 3.8) is 0 Å². The highest BCUT2D eigenvalue weighted by Gasteiger charge is 2.18. The molecule has 0 saturated heterocycles. The molecule has 0 aliphatic carbocycles. The first-order valence-corrected chi connectivity index (χ1v) is 9.79. The number of halogens is 1. The van der Waals surface area contributed by atoms with Crippen LogP contribution < -0.4 is 15.5 Å². The Hall–Kier alpha value is -3.93. The van der Waals surface area contributed by atoms with Crippen LogP contribution in [0.2, 0.25) is 0 Å². The van der Waals surface area contributed by atoms with Gasteiger partial charge in [-0.2, -0.15) is 0 Å². The first kappa shape index (κ1) is 20.3. The zero-order valence-corrected chi connectivity index (χ0v) is 17.0. The van der Waals surface area contributed by atoms with E-state index in [9.17, 15) is 14.0 Å². The Morgan fingerprint density at radius 2 is 1.74 bits per heavy atom. The molecule has 5 nitrogen and oxygen atoms in total. The highest BCUT2D eigenvalue weighted by Crippen LogP contribution is 2.26. The van der Waals surface area contributed by atoms with Crippen LogP contribution in [0.5, 0.6) is 5.75 Å². The molecule has 0 spiro atoms. The van der Waals surface area contributed by atoms with Crippen LogP contribution in [-0.4, -0.2) is 12.0 Å². The maximum atomic E-state index is 13.7. The van der Waals surface area contributed by atoms with Gasteiger partial charge in [-0.1, -0.05) is 42.5 Å². The summed E-state index contributed by atoms with van der Waals surface area (Å²) in [6.07, 6.45) is -0.895. The number of hydrogen-bond donors (Lipinski definition) is 1. The smallest absolute Gasteiger partial charge is 0.265 e. The maximum absolute atomic E-state index is 13.7. The van der Waals surface area contributed by atoms with E-state index in [1.807, 2.05) is 30.3 Å². The third-order valence-corrected chi connectivity index (χ3v) is 4.92. The number of nitrogens with one attached hydrogen (secondary N) is 1. The summed E-state index contributed by atoms with van der Waals surface area (Å²) in [4.78, 5) is 25.4. The number of fused-ring (bicyclic) bond motifs is 1. The van der Waals surface area contributed by atoms with Crippen molar-refractivity contribution < 1.29 is 18.3 Å². The lowest BCUT2D eigenvalue weighted by Gasteiger charge is -2.15. The van der Waals surface area contributed by atoms with Gasteiger partial charge in [-0.05, 0) is 43.7 Å². The second-order valence-electron chi connectivity index (χ2n) is 7.12. The van der Waals surface area contributed by atoms with Crippen LogP contribution in [0.15, 0.2) is 82.0 Å². The molecular formula is C25H20FNO4. The van der Waals surface area contributed by atoms with Crippen molar-refractivity contribution in [1.82, 2.24) is 0 Å². The van der Waals surface area contributed by atoms with E-state index in [2.05, 4.69) is 5.32 Å². The fraction of sp³-hybridized carbons (Fsp3) is 0.120. The molecule has 3 aromatic carbocycles. The Bertz CT molecular complexity index is 1310. The van der Waals surface area contributed by atoms with Gasteiger partial charge < -0.3 is 14.5 Å². The van der Waals surface area contributed by atoms with E-state index < -0.39 is 17.8 Å². The van der Waals surface area contributed by atoms with Gasteiger partial charge >= 0.3 is 0 Å². The van der Waals surface area contributed by atoms with Crippen molar-refractivity contribution in [2.24, 2.45) is 0 Å². The summed E-state index contributed by atoms with van der Waals surface area (Å²) >= 11 is 0. The average molecular weight is 417 g/mol. The number of rotatable bonds is 5. The highest BCUT2D eigenvalue weighted by molar-refractivity contribution is 5.94. The van der Waals surface area contributed by atoms with E-state index in [1.54, 1.807) is 44.2 Å². The molecule has 0 bridgehead atoms. The molecule has 31 heavy (non-hydrogen) atoms. The van der Waals surface area contributed by atoms with Crippen molar-refractivity contribution in [1.29, 1.82) is 0 Å². The minimum atomic E-state index is -0.895. The molecule has 4 rings (SSSR count). The number of benzene rings is 3. The van der Waals surface area contributed by atoms with Crippen molar-refractivity contribution in [2.45, 2.75) is 20.0 Å². The largest absolute Gasteiger partial charge is 0.481 e. The zero-order valence-electron chi connectivity index (χ0n) is 17.0. The molecule has 0 aliphatic rings. The van der Waals surface area contributed by atoms with Crippen LogP contribution in [-0.2, 0) is 4.79 Å². The van der Waals surface area contributed by atoms with Gasteiger partial charge in [0.1, 0.15) is 22.9 Å². The van der Waals surface area contributed by atoms with E-state index in [4.69, 9.17) is 9.15 Å². The van der Waals surface area contributed by atoms with Gasteiger partial charge in [-0.15, -0.1) is 0 Å². The second kappa shape index (κ2) is 8.44. The maximum Gasteiger partial charge on any atom is 0.265 e. The molecular weight excluding hydrogens is 397 g/mol. The SMILES string of the molecule is Cc1oc2cc(O[C@@H](C)C(=O)Nc3ccccc3F)ccc2c(=O)c1-c1ccccc1. The minimum absolute atomic E-state index is 0.0801. The number of hydrogen-bond acceptors (Lipinski definition) is 4. The van der Waals surface area contributed by atoms with Gasteiger partial charge in [-0.25, -0.2) is 4.39 Å². The predicted octanol–water partition coefficient (Wildman–Crippen LogP) is 5.31. The molecule has 1 amide bonds. The van der Waals surface area contributed by atoms with Crippen molar-refractivity contribution in [3.8, 4) is 16.9 Å². The fourth-order valence-electron chi connectivity index (χ4n) is 3.35. The van der Waals surface area contributed by atoms with E-state index in [-0.39, 0.29) is 11.1 Å². The van der Waals surface area contributed by atoms with Gasteiger partial charge in [0.15, 0.2) is 6.10 Å². The van der Waals surface area contributed by atoms with E-state index in [0.717, 1.165) is 5.56 Å². The number of para-hydroxylation sites is 1. The summed E-state index contributed by atoms with van der Waals surface area (Å²) in [5, 5.41) is 2.92. The Labute approximate surface area is 178 Å². The Morgan fingerprint density at radius 3 is 2.48 bits per heavy atom. The van der Waals surface area contributed by atoms with Crippen LogP contribution in [0.25, 0.3) is 22.1 Å². The molecule has 0 aliphatic heterocycles. The third-order valence-electron chi connectivity index (χ3n) is 4.92. The third kappa shape index (κ3) is 4.19. The summed E-state index contributed by atoms with van der Waals surface area (Å²) in [7, 11) is 0. The molecule has 1 heterocycles. The molecule has 4 aromatic rings. The van der Waals surface area contributed by atoms with E-state index in [0.29, 0.717) is 28.0 Å². The predicted molar refractivity (Wildman–Crippen MR) is 118 cm³/mol. The standard InChI is InChI=1S/C25H20FNO4/c1-15-23(17-8-4-3-5-9-17)24(28)19-13-12-18(14-22(19)31-15)30-16(2)25(29)27-21-11-7-6-10-20(21)26/h3-14,16H,1-2H3,(H,27,29)/t16-/m0/s1. The molecule has 1 N–H and O–H groups in total. The molecule has 0 saturated carbocycles. The summed E-state index contributed by atoms with van der Waals surface area (Å²) in [5.41, 5.74) is 1.61. The lowest BCUT2D eigenvalue weighted by Crippen LogP contribution is -2.30. The first-order chi connectivity index (χ1) is 14.9.